The molecule has 4 rings (SSSR count). The number of nitrogens with zero attached hydrogens (tertiary/aromatic N) is 4. The van der Waals surface area contributed by atoms with Crippen molar-refractivity contribution in [2.45, 2.75) is 26.8 Å². The number of imidazole rings is 1. The van der Waals surface area contributed by atoms with Gasteiger partial charge >= 0.3 is 0 Å². The molecule has 166 valence electrons. The molecular weight excluding hydrogens is 429 g/mol. The van der Waals surface area contributed by atoms with Gasteiger partial charge in [-0.3, -0.25) is 0 Å². The number of aromatic nitrogens is 4. The van der Waals surface area contributed by atoms with Crippen molar-refractivity contribution in [3.05, 3.63) is 83.7 Å². The van der Waals surface area contributed by atoms with Gasteiger partial charge in [0.05, 0.1) is 36.6 Å². The molecule has 0 unspecified atom stereocenters. The molecule has 0 saturated heterocycles. The van der Waals surface area contributed by atoms with Gasteiger partial charge in [0.1, 0.15) is 11.6 Å². The highest BCUT2D eigenvalue weighted by atomic mass is 35.5. The molecule has 0 aliphatic carbocycles. The van der Waals surface area contributed by atoms with E-state index in [0.29, 0.717) is 5.82 Å². The molecule has 1 N–H and O–H groups in total. The van der Waals surface area contributed by atoms with E-state index in [4.69, 9.17) is 4.74 Å². The molecule has 0 amide bonds. The highest BCUT2D eigenvalue weighted by Gasteiger charge is 2.13. The second-order valence-electron chi connectivity index (χ2n) is 7.49. The Morgan fingerprint density at radius 1 is 1.03 bits per heavy atom. The summed E-state index contributed by atoms with van der Waals surface area (Å²) in [7, 11) is 1.65. The van der Waals surface area contributed by atoms with Gasteiger partial charge in [0, 0.05) is 11.8 Å². The van der Waals surface area contributed by atoms with Crippen molar-refractivity contribution < 1.29 is 9.13 Å². The van der Waals surface area contributed by atoms with Gasteiger partial charge in [-0.25, -0.2) is 9.37 Å². The fourth-order valence-corrected chi connectivity index (χ4v) is 3.41. The normalized spacial score (nSPS) is 11.5. The number of ether oxygens (including phenoxy) is 1. The fraction of sp³-hybridized carbons (Fsp3) is 0.208. The van der Waals surface area contributed by atoms with Crippen molar-refractivity contribution in [1.29, 1.82) is 0 Å². The monoisotopic (exact) mass is 453 g/mol. The van der Waals surface area contributed by atoms with E-state index >= 15 is 0 Å². The second-order valence-corrected chi connectivity index (χ2v) is 7.49. The topological polar surface area (TPSA) is 64.9 Å². The summed E-state index contributed by atoms with van der Waals surface area (Å²) in [5, 5.41) is 12.1. The Balaban J connectivity index is 0.00000289. The zero-order valence-electron chi connectivity index (χ0n) is 18.3. The summed E-state index contributed by atoms with van der Waals surface area (Å²) < 4.78 is 20.7. The van der Waals surface area contributed by atoms with Gasteiger partial charge in [-0.05, 0) is 62.2 Å². The van der Waals surface area contributed by atoms with Gasteiger partial charge in [0.2, 0.25) is 0 Å². The number of anilines is 1. The molecule has 0 saturated carbocycles. The van der Waals surface area contributed by atoms with E-state index in [9.17, 15) is 4.39 Å². The first-order valence-corrected chi connectivity index (χ1v) is 10.0. The van der Waals surface area contributed by atoms with Crippen LogP contribution in [0.2, 0.25) is 0 Å². The number of hydrogen-bond donors (Lipinski definition) is 1. The van der Waals surface area contributed by atoms with Gasteiger partial charge in [-0.2, -0.15) is 0 Å². The first kappa shape index (κ1) is 23.2. The highest BCUT2D eigenvalue weighted by Crippen LogP contribution is 2.30. The predicted octanol–water partition coefficient (Wildman–Crippen LogP) is 5.69. The summed E-state index contributed by atoms with van der Waals surface area (Å²) >= 11 is 0. The third-order valence-corrected chi connectivity index (χ3v) is 5.17. The lowest BCUT2D eigenvalue weighted by atomic mass is 10.1. The van der Waals surface area contributed by atoms with Crippen LogP contribution in [0.25, 0.3) is 16.9 Å². The van der Waals surface area contributed by atoms with Crippen LogP contribution in [-0.4, -0.2) is 26.9 Å². The first-order valence-electron chi connectivity index (χ1n) is 10.0. The van der Waals surface area contributed by atoms with Crippen LogP contribution in [-0.2, 0) is 0 Å². The van der Waals surface area contributed by atoms with Crippen molar-refractivity contribution in [1.82, 2.24) is 19.7 Å². The average molecular weight is 454 g/mol. The number of aryl methyl sites for hydroxylation is 2. The molecule has 1 atom stereocenters. The Morgan fingerprint density at radius 3 is 2.41 bits per heavy atom. The Hall–Kier alpha value is -3.45. The molecule has 2 aromatic heterocycles. The van der Waals surface area contributed by atoms with Crippen LogP contribution in [0.3, 0.4) is 0 Å². The molecule has 6 nitrogen and oxygen atoms in total. The quantitative estimate of drug-likeness (QED) is 0.406. The van der Waals surface area contributed by atoms with Crippen molar-refractivity contribution in [3.8, 4) is 22.7 Å². The summed E-state index contributed by atoms with van der Waals surface area (Å²) in [6.45, 7) is 5.93. The van der Waals surface area contributed by atoms with Crippen LogP contribution in [0.1, 0.15) is 29.8 Å². The molecule has 2 aromatic carbocycles. The lowest BCUT2D eigenvalue weighted by Gasteiger charge is -2.17. The van der Waals surface area contributed by atoms with Gasteiger partial charge in [-0.15, -0.1) is 22.6 Å². The Bertz CT molecular complexity index is 1210. The predicted molar refractivity (Wildman–Crippen MR) is 126 cm³/mol. The maximum absolute atomic E-state index is 13.2. The molecular formula is C24H25ClFN5O. The van der Waals surface area contributed by atoms with Crippen LogP contribution in [0.4, 0.5) is 10.2 Å². The van der Waals surface area contributed by atoms with Gasteiger partial charge in [0.25, 0.3) is 0 Å². The van der Waals surface area contributed by atoms with Gasteiger partial charge in [-0.1, -0.05) is 18.2 Å². The summed E-state index contributed by atoms with van der Waals surface area (Å²) in [4.78, 5) is 4.28. The van der Waals surface area contributed by atoms with Crippen molar-refractivity contribution in [2.75, 3.05) is 12.4 Å². The number of benzene rings is 2. The maximum atomic E-state index is 13.2. The average Bonchev–Trinajstić information content (AvgIpc) is 3.21. The van der Waals surface area contributed by atoms with Crippen LogP contribution >= 0.6 is 12.4 Å². The molecule has 32 heavy (non-hydrogen) atoms. The van der Waals surface area contributed by atoms with Crippen molar-refractivity contribution >= 4 is 18.2 Å². The maximum Gasteiger partial charge on any atom is 0.152 e. The van der Waals surface area contributed by atoms with Gasteiger partial charge < -0.3 is 14.6 Å². The zero-order chi connectivity index (χ0) is 22.0. The molecule has 8 heteroatoms. The summed E-state index contributed by atoms with van der Waals surface area (Å²) in [6.07, 6.45) is 3.71. The molecule has 0 fully saturated rings. The molecule has 2 heterocycles. The Morgan fingerprint density at radius 2 is 1.78 bits per heavy atom. The van der Waals surface area contributed by atoms with E-state index in [-0.39, 0.29) is 24.3 Å². The number of rotatable bonds is 6. The van der Waals surface area contributed by atoms with Crippen LogP contribution < -0.4 is 10.1 Å². The Labute approximate surface area is 192 Å². The minimum absolute atomic E-state index is 0. The largest absolute Gasteiger partial charge is 0.495 e. The molecule has 0 aliphatic rings. The van der Waals surface area contributed by atoms with E-state index in [0.717, 1.165) is 39.5 Å². The third kappa shape index (κ3) is 4.89. The minimum Gasteiger partial charge on any atom is -0.495 e. The van der Waals surface area contributed by atoms with E-state index in [2.05, 4.69) is 20.5 Å². The van der Waals surface area contributed by atoms with Crippen LogP contribution in [0.15, 0.2) is 61.1 Å². The highest BCUT2D eigenvalue weighted by molar-refractivity contribution is 5.85. The molecule has 4 aromatic rings. The Kier molecular flexibility index (Phi) is 7.10. The standard InChI is InChI=1S/C24H24FN5O.ClH/c1-15-11-21(28-29-24(15)27-17(3)18-5-8-20(25)9-6-18)19-7-10-22(23(12-19)31-4)30-13-16(2)26-14-30;/h5-14,17H,1-4H3,(H,27,29);1H/t17-;/m0./s1. The molecule has 0 radical (unpaired) electrons. The SMILES string of the molecule is COc1cc(-c2cc(C)c(N[C@@H](C)c3ccc(F)cc3)nn2)ccc1-n1cnc(C)c1.Cl. The number of halogens is 2. The lowest BCUT2D eigenvalue weighted by molar-refractivity contribution is 0.413. The molecule has 0 spiro atoms. The van der Waals surface area contributed by atoms with Crippen LogP contribution in [0, 0.1) is 19.7 Å². The number of nitrogens with one attached hydrogen (secondary N) is 1. The van der Waals surface area contributed by atoms with E-state index in [1.54, 1.807) is 25.6 Å². The molecule has 0 bridgehead atoms. The minimum atomic E-state index is -0.249. The van der Waals surface area contributed by atoms with E-state index in [1.807, 2.05) is 55.8 Å². The van der Waals surface area contributed by atoms with Crippen LogP contribution in [0.5, 0.6) is 5.75 Å². The van der Waals surface area contributed by atoms with Crippen molar-refractivity contribution in [3.63, 3.8) is 0 Å². The van der Waals surface area contributed by atoms with Crippen molar-refractivity contribution in [2.24, 2.45) is 0 Å². The number of methoxy groups -OCH3 is 1. The second kappa shape index (κ2) is 9.78. The summed E-state index contributed by atoms with van der Waals surface area (Å²) in [6, 6.07) is 14.3. The summed E-state index contributed by atoms with van der Waals surface area (Å²) in [5.74, 6) is 1.17. The number of hydrogen-bond acceptors (Lipinski definition) is 5. The first-order chi connectivity index (χ1) is 14.9. The van der Waals surface area contributed by atoms with Gasteiger partial charge in [0.15, 0.2) is 5.82 Å². The summed E-state index contributed by atoms with van der Waals surface area (Å²) in [5.41, 5.74) is 5.44. The smallest absolute Gasteiger partial charge is 0.152 e. The zero-order valence-corrected chi connectivity index (χ0v) is 19.2. The molecule has 0 aliphatic heterocycles. The lowest BCUT2D eigenvalue weighted by Crippen LogP contribution is -2.10. The van der Waals surface area contributed by atoms with E-state index in [1.165, 1.54) is 12.1 Å². The third-order valence-electron chi connectivity index (χ3n) is 5.17. The fourth-order valence-electron chi connectivity index (χ4n) is 3.41. The van der Waals surface area contributed by atoms with E-state index < -0.39 is 0 Å².